The number of nitrogens with zero attached hydrogens (tertiary/aromatic N) is 1. The summed E-state index contributed by atoms with van der Waals surface area (Å²) in [5.41, 5.74) is 2.95. The van der Waals surface area contributed by atoms with Gasteiger partial charge in [0.05, 0.1) is 12.6 Å². The van der Waals surface area contributed by atoms with E-state index in [2.05, 4.69) is 15.6 Å². The lowest BCUT2D eigenvalue weighted by atomic mass is 10.1. The predicted molar refractivity (Wildman–Crippen MR) is 109 cm³/mol. The molecule has 1 aliphatic rings. The van der Waals surface area contributed by atoms with Crippen molar-refractivity contribution in [3.63, 3.8) is 0 Å². The normalized spacial score (nSPS) is 14.7. The van der Waals surface area contributed by atoms with Gasteiger partial charge < -0.3 is 20.1 Å². The van der Waals surface area contributed by atoms with Gasteiger partial charge in [-0.2, -0.15) is 0 Å². The van der Waals surface area contributed by atoms with Crippen molar-refractivity contribution in [3.05, 3.63) is 64.2 Å². The summed E-state index contributed by atoms with van der Waals surface area (Å²) in [5, 5.41) is 6.48. The fourth-order valence-electron chi connectivity index (χ4n) is 3.22. The average molecular weight is 403 g/mol. The van der Waals surface area contributed by atoms with Gasteiger partial charge in [-0.25, -0.2) is 8.78 Å². The van der Waals surface area contributed by atoms with Gasteiger partial charge >= 0.3 is 0 Å². The Morgan fingerprint density at radius 2 is 2.07 bits per heavy atom. The summed E-state index contributed by atoms with van der Waals surface area (Å²) in [6, 6.07) is 8.01. The molecule has 0 saturated carbocycles. The van der Waals surface area contributed by atoms with Crippen LogP contribution in [0.1, 0.15) is 42.1 Å². The lowest BCUT2D eigenvalue weighted by Crippen LogP contribution is -2.39. The van der Waals surface area contributed by atoms with Crippen LogP contribution in [-0.2, 0) is 17.8 Å². The van der Waals surface area contributed by atoms with Gasteiger partial charge in [-0.3, -0.25) is 4.99 Å². The minimum absolute atomic E-state index is 0.120. The molecule has 1 aliphatic heterocycles. The van der Waals surface area contributed by atoms with E-state index in [-0.39, 0.29) is 24.5 Å². The molecule has 1 unspecified atom stereocenters. The zero-order valence-electron chi connectivity index (χ0n) is 17.0. The van der Waals surface area contributed by atoms with E-state index in [4.69, 9.17) is 9.47 Å². The van der Waals surface area contributed by atoms with E-state index < -0.39 is 0 Å². The Hall–Kier alpha value is -2.67. The van der Waals surface area contributed by atoms with E-state index in [0.717, 1.165) is 16.7 Å². The second-order valence-electron chi connectivity index (χ2n) is 7.05. The number of rotatable bonds is 6. The molecule has 0 bridgehead atoms. The number of hydrogen-bond acceptors (Lipinski definition) is 3. The summed E-state index contributed by atoms with van der Waals surface area (Å²) in [7, 11) is 0. The Labute approximate surface area is 170 Å². The second-order valence-corrected chi connectivity index (χ2v) is 7.05. The molecule has 156 valence electrons. The summed E-state index contributed by atoms with van der Waals surface area (Å²) in [6.07, 6.45) is 0.532. The van der Waals surface area contributed by atoms with Crippen molar-refractivity contribution in [1.29, 1.82) is 0 Å². The van der Waals surface area contributed by atoms with Crippen molar-refractivity contribution in [1.82, 2.24) is 10.6 Å². The van der Waals surface area contributed by atoms with E-state index in [9.17, 15) is 8.78 Å². The molecule has 0 saturated heterocycles. The SMILES string of the molecule is CCNC(=NCCc1cc(F)cc2c1OCOC2)NC(C)c1ccc(C)c(F)c1. The summed E-state index contributed by atoms with van der Waals surface area (Å²) in [4.78, 5) is 4.58. The highest BCUT2D eigenvalue weighted by Gasteiger charge is 2.17. The van der Waals surface area contributed by atoms with Crippen LogP contribution in [0.15, 0.2) is 35.3 Å². The predicted octanol–water partition coefficient (Wildman–Crippen LogP) is 4.00. The number of guanidine groups is 1. The van der Waals surface area contributed by atoms with Gasteiger partial charge in [-0.05, 0) is 62.1 Å². The van der Waals surface area contributed by atoms with Gasteiger partial charge in [0.15, 0.2) is 12.8 Å². The Kier molecular flexibility index (Phi) is 7.04. The van der Waals surface area contributed by atoms with E-state index in [1.807, 2.05) is 19.9 Å². The van der Waals surface area contributed by atoms with E-state index in [0.29, 0.717) is 43.4 Å². The van der Waals surface area contributed by atoms with Crippen molar-refractivity contribution >= 4 is 5.96 Å². The second kappa shape index (κ2) is 9.69. The van der Waals surface area contributed by atoms with E-state index >= 15 is 0 Å². The zero-order valence-corrected chi connectivity index (χ0v) is 17.0. The zero-order chi connectivity index (χ0) is 20.8. The molecule has 29 heavy (non-hydrogen) atoms. The van der Waals surface area contributed by atoms with Crippen LogP contribution in [0.4, 0.5) is 8.78 Å². The van der Waals surface area contributed by atoms with Crippen molar-refractivity contribution in [3.8, 4) is 5.75 Å². The monoisotopic (exact) mass is 403 g/mol. The third kappa shape index (κ3) is 5.44. The molecule has 7 heteroatoms. The average Bonchev–Trinajstić information content (AvgIpc) is 2.70. The standard InChI is InChI=1S/C22H27F2N3O2/c1-4-25-22(27-15(3)16-6-5-14(2)20(24)11-16)26-8-7-17-9-19(23)10-18-12-28-13-29-21(17)18/h5-6,9-11,15H,4,7-8,12-13H2,1-3H3,(H2,25,26,27). The number of hydrogen-bond donors (Lipinski definition) is 2. The molecule has 2 aromatic rings. The van der Waals surface area contributed by atoms with Crippen LogP contribution in [0.5, 0.6) is 5.75 Å². The van der Waals surface area contributed by atoms with Crippen LogP contribution in [0.25, 0.3) is 0 Å². The van der Waals surface area contributed by atoms with Crippen molar-refractivity contribution in [2.75, 3.05) is 19.9 Å². The number of fused-ring (bicyclic) bond motifs is 1. The molecule has 0 aromatic heterocycles. The molecule has 2 N–H and O–H groups in total. The van der Waals surface area contributed by atoms with Crippen LogP contribution in [0, 0.1) is 18.6 Å². The highest BCUT2D eigenvalue weighted by Crippen LogP contribution is 2.29. The summed E-state index contributed by atoms with van der Waals surface area (Å²) in [5.74, 6) is 0.777. The van der Waals surface area contributed by atoms with Gasteiger partial charge in [0, 0.05) is 18.7 Å². The first-order chi connectivity index (χ1) is 14.0. The number of benzene rings is 2. The smallest absolute Gasteiger partial charge is 0.191 e. The Morgan fingerprint density at radius 1 is 1.24 bits per heavy atom. The quantitative estimate of drug-likeness (QED) is 0.566. The minimum atomic E-state index is -0.308. The maximum absolute atomic E-state index is 13.9. The summed E-state index contributed by atoms with van der Waals surface area (Å²) >= 11 is 0. The summed E-state index contributed by atoms with van der Waals surface area (Å²) < 4.78 is 38.5. The Balaban J connectivity index is 1.68. The first-order valence-electron chi connectivity index (χ1n) is 9.80. The highest BCUT2D eigenvalue weighted by atomic mass is 19.1. The number of aliphatic imine (C=N–C) groups is 1. The maximum Gasteiger partial charge on any atom is 0.191 e. The van der Waals surface area contributed by atoms with Crippen molar-refractivity contribution < 1.29 is 18.3 Å². The Bertz CT molecular complexity index is 887. The van der Waals surface area contributed by atoms with Gasteiger partial charge in [0.2, 0.25) is 0 Å². The largest absolute Gasteiger partial charge is 0.467 e. The summed E-state index contributed by atoms with van der Waals surface area (Å²) in [6.45, 7) is 7.32. The van der Waals surface area contributed by atoms with Crippen LogP contribution < -0.4 is 15.4 Å². The fourth-order valence-corrected chi connectivity index (χ4v) is 3.22. The molecular formula is C22H27F2N3O2. The molecule has 0 aliphatic carbocycles. The van der Waals surface area contributed by atoms with E-state index in [1.165, 1.54) is 18.2 Å². The molecular weight excluding hydrogens is 376 g/mol. The lowest BCUT2D eigenvalue weighted by Gasteiger charge is -2.21. The van der Waals surface area contributed by atoms with Gasteiger partial charge in [0.25, 0.3) is 0 Å². The van der Waals surface area contributed by atoms with E-state index in [1.54, 1.807) is 13.0 Å². The lowest BCUT2D eigenvalue weighted by molar-refractivity contribution is -0.0172. The first-order valence-corrected chi connectivity index (χ1v) is 9.80. The van der Waals surface area contributed by atoms with Crippen LogP contribution >= 0.6 is 0 Å². The molecule has 2 aromatic carbocycles. The van der Waals surface area contributed by atoms with Gasteiger partial charge in [0.1, 0.15) is 17.4 Å². The molecule has 0 amide bonds. The Morgan fingerprint density at radius 3 is 2.83 bits per heavy atom. The molecule has 0 radical (unpaired) electrons. The molecule has 5 nitrogen and oxygen atoms in total. The van der Waals surface area contributed by atoms with Crippen LogP contribution in [0.2, 0.25) is 0 Å². The molecule has 0 spiro atoms. The number of halogens is 2. The third-order valence-corrected chi connectivity index (χ3v) is 4.80. The third-order valence-electron chi connectivity index (χ3n) is 4.80. The molecule has 3 rings (SSSR count). The van der Waals surface area contributed by atoms with Gasteiger partial charge in [-0.15, -0.1) is 0 Å². The molecule has 0 fully saturated rings. The maximum atomic E-state index is 13.9. The number of aryl methyl sites for hydroxylation is 1. The number of ether oxygens (including phenoxy) is 2. The van der Waals surface area contributed by atoms with Gasteiger partial charge in [-0.1, -0.05) is 12.1 Å². The molecule has 1 atom stereocenters. The number of nitrogens with one attached hydrogen (secondary N) is 2. The van der Waals surface area contributed by atoms with Crippen molar-refractivity contribution in [2.45, 2.75) is 39.8 Å². The highest BCUT2D eigenvalue weighted by molar-refractivity contribution is 5.80. The first kappa shape index (κ1) is 21.0. The van der Waals surface area contributed by atoms with Crippen LogP contribution in [0.3, 0.4) is 0 Å². The topological polar surface area (TPSA) is 54.9 Å². The van der Waals surface area contributed by atoms with Crippen LogP contribution in [-0.4, -0.2) is 25.8 Å². The minimum Gasteiger partial charge on any atom is -0.467 e. The van der Waals surface area contributed by atoms with Crippen molar-refractivity contribution in [2.24, 2.45) is 4.99 Å². The molecule has 1 heterocycles. The fraction of sp³-hybridized carbons (Fsp3) is 0.409.